The lowest BCUT2D eigenvalue weighted by Crippen LogP contribution is -2.47. The summed E-state index contributed by atoms with van der Waals surface area (Å²) in [5, 5.41) is 8.44. The standard InChI is InChI=1S/C18H24N8S2/c1-14-13-15(21-17(20-14)26-6-2-3-7-26)25-10-8-24(9-11-25)5-4-12-27-18-23-22-16(19)28-18/h2-3,6-7,13H,4-5,8-12H2,1H3,(H2,19,22). The lowest BCUT2D eigenvalue weighted by atomic mass is 10.3. The van der Waals surface area contributed by atoms with Crippen molar-refractivity contribution < 1.29 is 0 Å². The van der Waals surface area contributed by atoms with Gasteiger partial charge in [0.2, 0.25) is 11.1 Å². The predicted octanol–water partition coefficient (Wildman–Crippen LogP) is 2.31. The number of thioether (sulfide) groups is 1. The molecule has 10 heteroatoms. The first-order valence-corrected chi connectivity index (χ1v) is 11.2. The third-order valence-corrected chi connectivity index (χ3v) is 6.60. The highest BCUT2D eigenvalue weighted by Gasteiger charge is 2.19. The fraction of sp³-hybridized carbons (Fsp3) is 0.444. The molecular weight excluding hydrogens is 392 g/mol. The maximum Gasteiger partial charge on any atom is 0.235 e. The van der Waals surface area contributed by atoms with Crippen LogP contribution in [0, 0.1) is 6.92 Å². The van der Waals surface area contributed by atoms with Crippen molar-refractivity contribution >= 4 is 34.0 Å². The normalized spacial score (nSPS) is 15.2. The van der Waals surface area contributed by atoms with Crippen LogP contribution in [0.2, 0.25) is 0 Å². The van der Waals surface area contributed by atoms with Crippen LogP contribution in [0.1, 0.15) is 12.1 Å². The van der Waals surface area contributed by atoms with Crippen molar-refractivity contribution in [1.29, 1.82) is 0 Å². The molecule has 0 saturated carbocycles. The van der Waals surface area contributed by atoms with Gasteiger partial charge < -0.3 is 10.6 Å². The van der Waals surface area contributed by atoms with Gasteiger partial charge in [-0.15, -0.1) is 10.2 Å². The number of hydrogen-bond acceptors (Lipinski definition) is 9. The quantitative estimate of drug-likeness (QED) is 0.464. The molecule has 28 heavy (non-hydrogen) atoms. The van der Waals surface area contributed by atoms with Gasteiger partial charge in [0.15, 0.2) is 4.34 Å². The van der Waals surface area contributed by atoms with E-state index in [0.717, 1.165) is 66.7 Å². The molecule has 0 amide bonds. The van der Waals surface area contributed by atoms with Gasteiger partial charge in [-0.1, -0.05) is 23.1 Å². The van der Waals surface area contributed by atoms with Gasteiger partial charge in [-0.25, -0.2) is 4.98 Å². The Labute approximate surface area is 172 Å². The number of nitrogens with two attached hydrogens (primary N) is 1. The molecule has 3 aromatic rings. The SMILES string of the molecule is Cc1cc(N2CCN(CCCSc3nnc(N)s3)CC2)nc(-n2cccc2)n1. The Balaban J connectivity index is 1.26. The molecule has 8 nitrogen and oxygen atoms in total. The number of hydrogen-bond donors (Lipinski definition) is 1. The fourth-order valence-electron chi connectivity index (χ4n) is 3.21. The smallest absolute Gasteiger partial charge is 0.235 e. The second-order valence-corrected chi connectivity index (χ2v) is 9.05. The van der Waals surface area contributed by atoms with E-state index in [9.17, 15) is 0 Å². The Hall–Kier alpha value is -2.17. The van der Waals surface area contributed by atoms with Crippen LogP contribution in [0.25, 0.3) is 5.95 Å². The molecule has 4 heterocycles. The van der Waals surface area contributed by atoms with E-state index >= 15 is 0 Å². The molecule has 1 aliphatic rings. The first-order chi connectivity index (χ1) is 13.7. The number of aryl methyl sites for hydroxylation is 1. The lowest BCUT2D eigenvalue weighted by Gasteiger charge is -2.35. The van der Waals surface area contributed by atoms with Gasteiger partial charge in [0.05, 0.1) is 0 Å². The largest absolute Gasteiger partial charge is 0.374 e. The summed E-state index contributed by atoms with van der Waals surface area (Å²) < 4.78 is 2.91. The topological polar surface area (TPSA) is 89.0 Å². The number of nitrogen functional groups attached to an aromatic ring is 1. The van der Waals surface area contributed by atoms with Gasteiger partial charge in [0, 0.05) is 56.1 Å². The summed E-state index contributed by atoms with van der Waals surface area (Å²) >= 11 is 3.19. The number of anilines is 2. The minimum absolute atomic E-state index is 0.540. The predicted molar refractivity (Wildman–Crippen MR) is 114 cm³/mol. The first-order valence-electron chi connectivity index (χ1n) is 9.35. The van der Waals surface area contributed by atoms with Crippen LogP contribution < -0.4 is 10.6 Å². The van der Waals surface area contributed by atoms with Gasteiger partial charge >= 0.3 is 0 Å². The van der Waals surface area contributed by atoms with Gasteiger partial charge in [0.25, 0.3) is 0 Å². The molecule has 148 valence electrons. The van der Waals surface area contributed by atoms with E-state index in [1.54, 1.807) is 11.8 Å². The molecule has 0 bridgehead atoms. The van der Waals surface area contributed by atoms with Gasteiger partial charge in [-0.3, -0.25) is 9.47 Å². The summed E-state index contributed by atoms with van der Waals surface area (Å²) in [5.41, 5.74) is 6.61. The van der Waals surface area contributed by atoms with Crippen molar-refractivity contribution in [3.8, 4) is 5.95 Å². The molecule has 2 N–H and O–H groups in total. The minimum atomic E-state index is 0.540. The second kappa shape index (κ2) is 8.89. The summed E-state index contributed by atoms with van der Waals surface area (Å²) in [5.74, 6) is 2.79. The van der Waals surface area contributed by atoms with Crippen LogP contribution in [0.4, 0.5) is 10.9 Å². The van der Waals surface area contributed by atoms with E-state index in [1.165, 1.54) is 11.3 Å². The summed E-state index contributed by atoms with van der Waals surface area (Å²) in [6.07, 6.45) is 5.09. The van der Waals surface area contributed by atoms with E-state index in [2.05, 4.69) is 31.0 Å². The molecule has 3 aromatic heterocycles. The molecule has 4 rings (SSSR count). The maximum absolute atomic E-state index is 5.62. The van der Waals surface area contributed by atoms with E-state index in [4.69, 9.17) is 10.7 Å². The highest BCUT2D eigenvalue weighted by molar-refractivity contribution is 8.01. The number of rotatable bonds is 7. The molecular formula is C18H24N8S2. The zero-order valence-corrected chi connectivity index (χ0v) is 17.5. The zero-order chi connectivity index (χ0) is 19.3. The summed E-state index contributed by atoms with van der Waals surface area (Å²) in [6.45, 7) is 7.21. The van der Waals surface area contributed by atoms with Gasteiger partial charge in [-0.05, 0) is 32.0 Å². The molecule has 0 spiro atoms. The van der Waals surface area contributed by atoms with Crippen LogP contribution in [-0.2, 0) is 0 Å². The number of nitrogens with zero attached hydrogens (tertiary/aromatic N) is 7. The molecule has 1 saturated heterocycles. The Kier molecular flexibility index (Phi) is 6.08. The van der Waals surface area contributed by atoms with Crippen molar-refractivity contribution in [1.82, 2.24) is 29.6 Å². The van der Waals surface area contributed by atoms with E-state index < -0.39 is 0 Å². The van der Waals surface area contributed by atoms with Crippen LogP contribution in [0.5, 0.6) is 0 Å². The number of piperazine rings is 1. The van der Waals surface area contributed by atoms with Crippen molar-refractivity contribution in [2.24, 2.45) is 0 Å². The van der Waals surface area contributed by atoms with Crippen LogP contribution in [0.3, 0.4) is 0 Å². The molecule has 0 radical (unpaired) electrons. The third kappa shape index (κ3) is 4.81. The van der Waals surface area contributed by atoms with Gasteiger partial charge in [0.1, 0.15) is 5.82 Å². The monoisotopic (exact) mass is 416 g/mol. The average Bonchev–Trinajstić information content (AvgIpc) is 3.37. The molecule has 1 aliphatic heterocycles. The fourth-order valence-corrected chi connectivity index (χ4v) is 4.84. The Morgan fingerprint density at radius 1 is 1.11 bits per heavy atom. The van der Waals surface area contributed by atoms with Crippen molar-refractivity contribution in [3.63, 3.8) is 0 Å². The van der Waals surface area contributed by atoms with E-state index in [-0.39, 0.29) is 0 Å². The third-order valence-electron chi connectivity index (χ3n) is 4.63. The maximum atomic E-state index is 5.62. The van der Waals surface area contributed by atoms with Crippen molar-refractivity contribution in [3.05, 3.63) is 36.3 Å². The van der Waals surface area contributed by atoms with Crippen LogP contribution >= 0.6 is 23.1 Å². The lowest BCUT2D eigenvalue weighted by molar-refractivity contribution is 0.258. The van der Waals surface area contributed by atoms with Crippen LogP contribution in [0.15, 0.2) is 34.9 Å². The summed E-state index contributed by atoms with van der Waals surface area (Å²) in [4.78, 5) is 14.2. The highest BCUT2D eigenvalue weighted by atomic mass is 32.2. The van der Waals surface area contributed by atoms with Crippen molar-refractivity contribution in [2.75, 3.05) is 49.1 Å². The Morgan fingerprint density at radius 3 is 2.61 bits per heavy atom. The Bertz CT molecular complexity index is 887. The average molecular weight is 417 g/mol. The van der Waals surface area contributed by atoms with Crippen molar-refractivity contribution in [2.45, 2.75) is 17.7 Å². The molecule has 0 unspecified atom stereocenters. The molecule has 0 atom stereocenters. The summed E-state index contributed by atoms with van der Waals surface area (Å²) in [7, 11) is 0. The highest BCUT2D eigenvalue weighted by Crippen LogP contribution is 2.24. The molecule has 1 fully saturated rings. The first kappa shape index (κ1) is 19.2. The van der Waals surface area contributed by atoms with Gasteiger partial charge in [-0.2, -0.15) is 4.98 Å². The Morgan fingerprint density at radius 2 is 1.89 bits per heavy atom. The second-order valence-electron chi connectivity index (χ2n) is 6.69. The molecule has 0 aliphatic carbocycles. The van der Waals surface area contributed by atoms with E-state index in [1.807, 2.05) is 36.0 Å². The minimum Gasteiger partial charge on any atom is -0.374 e. The number of aromatic nitrogens is 5. The zero-order valence-electron chi connectivity index (χ0n) is 15.9. The van der Waals surface area contributed by atoms with Crippen LogP contribution in [-0.4, -0.2) is 68.1 Å². The molecule has 0 aromatic carbocycles. The van der Waals surface area contributed by atoms with E-state index in [0.29, 0.717) is 5.13 Å². The summed E-state index contributed by atoms with van der Waals surface area (Å²) in [6, 6.07) is 6.05.